The van der Waals surface area contributed by atoms with Gasteiger partial charge in [0.15, 0.2) is 5.82 Å². The molecule has 3 rings (SSSR count). The molecule has 0 aliphatic rings. The summed E-state index contributed by atoms with van der Waals surface area (Å²) in [5.41, 5.74) is 1.05. The number of nitrogens with one attached hydrogen (secondary N) is 2. The zero-order valence-corrected chi connectivity index (χ0v) is 14.8. The molecule has 6 nitrogen and oxygen atoms in total. The van der Waals surface area contributed by atoms with E-state index in [1.807, 2.05) is 78.5 Å². The number of carbonyl (C=O) groups excluding carboxylic acids is 1. The van der Waals surface area contributed by atoms with Crippen molar-refractivity contribution in [3.8, 4) is 5.82 Å². The number of nitrogens with zero attached hydrogens (tertiary/aromatic N) is 3. The topological polar surface area (TPSA) is 71.8 Å². The molecule has 0 aliphatic heterocycles. The van der Waals surface area contributed by atoms with E-state index in [-0.39, 0.29) is 11.8 Å². The quantitative estimate of drug-likeness (QED) is 0.613. The van der Waals surface area contributed by atoms with Crippen molar-refractivity contribution < 1.29 is 4.79 Å². The maximum atomic E-state index is 12.4. The van der Waals surface area contributed by atoms with E-state index < -0.39 is 0 Å². The minimum Gasteiger partial charge on any atom is -0.367 e. The lowest BCUT2D eigenvalue weighted by Gasteiger charge is -2.15. The summed E-state index contributed by atoms with van der Waals surface area (Å²) in [6, 6.07) is 17.5. The minimum atomic E-state index is -0.114. The molecule has 1 aromatic carbocycles. The molecule has 0 aliphatic carbocycles. The van der Waals surface area contributed by atoms with Gasteiger partial charge in [0.1, 0.15) is 5.82 Å². The summed E-state index contributed by atoms with van der Waals surface area (Å²) in [5.74, 6) is 1.39. The van der Waals surface area contributed by atoms with Crippen LogP contribution in [0.1, 0.15) is 24.8 Å². The fourth-order valence-corrected chi connectivity index (χ4v) is 2.80. The van der Waals surface area contributed by atoms with E-state index in [1.165, 1.54) is 0 Å². The molecule has 2 aromatic heterocycles. The van der Waals surface area contributed by atoms with Gasteiger partial charge in [-0.1, -0.05) is 37.3 Å². The number of benzene rings is 1. The van der Waals surface area contributed by atoms with Gasteiger partial charge in [-0.05, 0) is 36.2 Å². The second kappa shape index (κ2) is 8.80. The Hall–Kier alpha value is -3.15. The predicted molar refractivity (Wildman–Crippen MR) is 102 cm³/mol. The van der Waals surface area contributed by atoms with Crippen molar-refractivity contribution in [1.29, 1.82) is 0 Å². The van der Waals surface area contributed by atoms with Crippen molar-refractivity contribution in [2.24, 2.45) is 0 Å². The molecule has 2 N–H and O–H groups in total. The van der Waals surface area contributed by atoms with E-state index in [2.05, 4.69) is 20.8 Å². The molecule has 3 aromatic rings. The summed E-state index contributed by atoms with van der Waals surface area (Å²) in [4.78, 5) is 12.4. The van der Waals surface area contributed by atoms with Gasteiger partial charge >= 0.3 is 0 Å². The second-order valence-corrected chi connectivity index (χ2v) is 5.96. The largest absolute Gasteiger partial charge is 0.367 e. The van der Waals surface area contributed by atoms with E-state index in [0.29, 0.717) is 18.9 Å². The van der Waals surface area contributed by atoms with Crippen molar-refractivity contribution in [2.45, 2.75) is 19.3 Å². The maximum Gasteiger partial charge on any atom is 0.227 e. The number of carbonyl (C=O) groups is 1. The number of rotatable bonds is 8. The fourth-order valence-electron chi connectivity index (χ4n) is 2.80. The van der Waals surface area contributed by atoms with Crippen molar-refractivity contribution in [3.05, 3.63) is 72.6 Å². The Kier molecular flexibility index (Phi) is 5.98. The van der Waals surface area contributed by atoms with Gasteiger partial charge in [0, 0.05) is 25.5 Å². The normalized spacial score (nSPS) is 11.7. The highest BCUT2D eigenvalue weighted by molar-refractivity contribution is 5.83. The third-order valence-electron chi connectivity index (χ3n) is 4.18. The van der Waals surface area contributed by atoms with E-state index >= 15 is 0 Å². The van der Waals surface area contributed by atoms with Gasteiger partial charge in [-0.15, -0.1) is 10.2 Å². The first-order chi connectivity index (χ1) is 12.8. The number of aromatic nitrogens is 3. The molecular formula is C20H23N5O. The Morgan fingerprint density at radius 2 is 1.77 bits per heavy atom. The maximum absolute atomic E-state index is 12.4. The molecule has 1 amide bonds. The summed E-state index contributed by atoms with van der Waals surface area (Å²) >= 11 is 0. The Bertz CT molecular complexity index is 800. The standard InChI is InChI=1S/C20H23N5O/c1-2-17(16-8-4-3-5-9-16)20(26)22-13-12-21-18-10-11-19(24-23-18)25-14-6-7-15-25/h3-11,14-15,17H,2,12-13H2,1H3,(H,21,23)(H,22,26)/t17-/m1/s1. The van der Waals surface area contributed by atoms with Gasteiger partial charge in [-0.2, -0.15) is 0 Å². The Labute approximate surface area is 153 Å². The van der Waals surface area contributed by atoms with Crippen LogP contribution >= 0.6 is 0 Å². The molecule has 0 saturated carbocycles. The van der Waals surface area contributed by atoms with Crippen molar-refractivity contribution in [3.63, 3.8) is 0 Å². The minimum absolute atomic E-state index is 0.0505. The third-order valence-corrected chi connectivity index (χ3v) is 4.18. The molecule has 26 heavy (non-hydrogen) atoms. The van der Waals surface area contributed by atoms with Crippen LogP contribution in [-0.2, 0) is 4.79 Å². The first-order valence-electron chi connectivity index (χ1n) is 8.81. The molecule has 0 saturated heterocycles. The van der Waals surface area contributed by atoms with Crippen LogP contribution < -0.4 is 10.6 Å². The van der Waals surface area contributed by atoms with Gasteiger partial charge in [0.2, 0.25) is 5.91 Å². The Balaban J connectivity index is 1.45. The smallest absolute Gasteiger partial charge is 0.227 e. The highest BCUT2D eigenvalue weighted by atomic mass is 16.1. The van der Waals surface area contributed by atoms with Crippen molar-refractivity contribution in [2.75, 3.05) is 18.4 Å². The van der Waals surface area contributed by atoms with Gasteiger partial charge < -0.3 is 15.2 Å². The number of anilines is 1. The molecule has 2 heterocycles. The molecule has 6 heteroatoms. The number of hydrogen-bond donors (Lipinski definition) is 2. The summed E-state index contributed by atoms with van der Waals surface area (Å²) in [7, 11) is 0. The fraction of sp³-hybridized carbons (Fsp3) is 0.250. The van der Waals surface area contributed by atoms with Crippen LogP contribution in [0.2, 0.25) is 0 Å². The molecule has 134 valence electrons. The average molecular weight is 349 g/mol. The first kappa shape index (κ1) is 17.7. The Morgan fingerprint density at radius 1 is 1.00 bits per heavy atom. The van der Waals surface area contributed by atoms with Crippen LogP contribution in [0.4, 0.5) is 5.82 Å². The van der Waals surface area contributed by atoms with Gasteiger partial charge in [-0.25, -0.2) is 0 Å². The van der Waals surface area contributed by atoms with E-state index in [4.69, 9.17) is 0 Å². The summed E-state index contributed by atoms with van der Waals surface area (Å²) in [6.07, 6.45) is 4.61. The van der Waals surface area contributed by atoms with E-state index in [1.54, 1.807) is 0 Å². The average Bonchev–Trinajstić information content (AvgIpc) is 3.22. The summed E-state index contributed by atoms with van der Waals surface area (Å²) in [5, 5.41) is 14.5. The zero-order chi connectivity index (χ0) is 18.2. The highest BCUT2D eigenvalue weighted by Crippen LogP contribution is 2.18. The first-order valence-corrected chi connectivity index (χ1v) is 8.81. The molecule has 0 unspecified atom stereocenters. The van der Waals surface area contributed by atoms with Crippen LogP contribution in [0.3, 0.4) is 0 Å². The monoisotopic (exact) mass is 349 g/mol. The van der Waals surface area contributed by atoms with Crippen LogP contribution in [-0.4, -0.2) is 33.8 Å². The van der Waals surface area contributed by atoms with E-state index in [0.717, 1.165) is 17.8 Å². The SMILES string of the molecule is CC[C@@H](C(=O)NCCNc1ccc(-n2cccc2)nn1)c1ccccc1. The molecule has 1 atom stereocenters. The second-order valence-electron chi connectivity index (χ2n) is 5.96. The van der Waals surface area contributed by atoms with Gasteiger partial charge in [-0.3, -0.25) is 4.79 Å². The van der Waals surface area contributed by atoms with Crippen LogP contribution in [0.5, 0.6) is 0 Å². The molecular weight excluding hydrogens is 326 g/mol. The van der Waals surface area contributed by atoms with E-state index in [9.17, 15) is 4.79 Å². The molecule has 0 fully saturated rings. The lowest BCUT2D eigenvalue weighted by Crippen LogP contribution is -2.33. The molecule has 0 bridgehead atoms. The van der Waals surface area contributed by atoms with Crippen LogP contribution in [0, 0.1) is 0 Å². The molecule has 0 radical (unpaired) electrons. The molecule has 0 spiro atoms. The predicted octanol–water partition coefficient (Wildman–Crippen LogP) is 2.99. The lowest BCUT2D eigenvalue weighted by molar-refractivity contribution is -0.122. The van der Waals surface area contributed by atoms with Gasteiger partial charge in [0.05, 0.1) is 5.92 Å². The lowest BCUT2D eigenvalue weighted by atomic mass is 9.96. The van der Waals surface area contributed by atoms with Crippen molar-refractivity contribution in [1.82, 2.24) is 20.1 Å². The summed E-state index contributed by atoms with van der Waals surface area (Å²) in [6.45, 7) is 3.15. The number of hydrogen-bond acceptors (Lipinski definition) is 4. The Morgan fingerprint density at radius 3 is 2.42 bits per heavy atom. The third kappa shape index (κ3) is 4.47. The zero-order valence-electron chi connectivity index (χ0n) is 14.8. The van der Waals surface area contributed by atoms with Crippen molar-refractivity contribution >= 4 is 11.7 Å². The van der Waals surface area contributed by atoms with Crippen LogP contribution in [0.25, 0.3) is 5.82 Å². The number of amides is 1. The summed E-state index contributed by atoms with van der Waals surface area (Å²) < 4.78 is 1.89. The highest BCUT2D eigenvalue weighted by Gasteiger charge is 2.17. The van der Waals surface area contributed by atoms with Gasteiger partial charge in [0.25, 0.3) is 0 Å². The van der Waals surface area contributed by atoms with Crippen LogP contribution in [0.15, 0.2) is 67.0 Å².